The number of carbonyl (C=O) groups excluding carboxylic acids is 2. The molecule has 1 aromatic carbocycles. The average molecular weight is 359 g/mol. The fourth-order valence-corrected chi connectivity index (χ4v) is 3.10. The number of benzene rings is 1. The van der Waals surface area contributed by atoms with Gasteiger partial charge in [0, 0.05) is 12.1 Å². The molecule has 1 aliphatic heterocycles. The number of amides is 2. The smallest absolute Gasteiger partial charge is 0.416 e. The van der Waals surface area contributed by atoms with Gasteiger partial charge in [-0.15, -0.1) is 0 Å². The number of H-pyrrole nitrogens is 1. The molecule has 3 N–H and O–H groups in total. The van der Waals surface area contributed by atoms with Crippen LogP contribution in [0.1, 0.15) is 39.8 Å². The third-order valence-corrected chi connectivity index (χ3v) is 4.75. The highest BCUT2D eigenvalue weighted by molar-refractivity contribution is 5.95. The van der Waals surface area contributed by atoms with E-state index in [2.05, 4.69) is 14.7 Å². The lowest BCUT2D eigenvalue weighted by Gasteiger charge is -2.30. The van der Waals surface area contributed by atoms with Gasteiger partial charge in [0.15, 0.2) is 0 Å². The zero-order valence-corrected chi connectivity index (χ0v) is 14.6. The standard InChI is InChI=1S/C18H21N3O5/c1-11-4-3-5-13(8-11)16(23)21-7-6-18(25,10-21)12(2)19-15(22)14-9-26-17(24)20-14/h3-5,8-9,12,25H,6-7,10H2,1-2H3,(H,19,22)(H,20,24). The number of aryl methyl sites for hydroxylation is 1. The Hall–Kier alpha value is -2.87. The Morgan fingerprint density at radius 1 is 1.42 bits per heavy atom. The van der Waals surface area contributed by atoms with E-state index in [1.54, 1.807) is 24.0 Å². The summed E-state index contributed by atoms with van der Waals surface area (Å²) in [5.41, 5.74) is 0.289. The molecule has 3 rings (SSSR count). The van der Waals surface area contributed by atoms with Gasteiger partial charge >= 0.3 is 5.76 Å². The second-order valence-corrected chi connectivity index (χ2v) is 6.71. The summed E-state index contributed by atoms with van der Waals surface area (Å²) in [4.78, 5) is 39.6. The van der Waals surface area contributed by atoms with Crippen LogP contribution >= 0.6 is 0 Å². The number of aromatic nitrogens is 1. The van der Waals surface area contributed by atoms with Crippen molar-refractivity contribution in [2.75, 3.05) is 13.1 Å². The lowest BCUT2D eigenvalue weighted by Crippen LogP contribution is -2.53. The van der Waals surface area contributed by atoms with Crippen LogP contribution in [-0.4, -0.2) is 51.5 Å². The third kappa shape index (κ3) is 3.55. The van der Waals surface area contributed by atoms with E-state index in [0.717, 1.165) is 11.8 Å². The molecular formula is C18H21N3O5. The van der Waals surface area contributed by atoms with Crippen LogP contribution < -0.4 is 11.1 Å². The van der Waals surface area contributed by atoms with Gasteiger partial charge in [-0.1, -0.05) is 17.7 Å². The molecule has 26 heavy (non-hydrogen) atoms. The van der Waals surface area contributed by atoms with E-state index in [9.17, 15) is 19.5 Å². The number of β-amino-alcohol motifs (C(OH)–C–C–N with tert-alkyl or cyclic N) is 1. The van der Waals surface area contributed by atoms with Crippen molar-refractivity contribution < 1.29 is 19.1 Å². The van der Waals surface area contributed by atoms with Crippen molar-refractivity contribution >= 4 is 11.8 Å². The number of hydrogen-bond donors (Lipinski definition) is 3. The molecule has 1 fully saturated rings. The number of nitrogens with zero attached hydrogens (tertiary/aromatic N) is 1. The van der Waals surface area contributed by atoms with Gasteiger partial charge in [-0.05, 0) is 32.4 Å². The number of likely N-dealkylation sites (tertiary alicyclic amines) is 1. The molecule has 138 valence electrons. The Bertz CT molecular complexity index is 887. The number of aliphatic hydroxyl groups is 1. The minimum absolute atomic E-state index is 0.0175. The fraction of sp³-hybridized carbons (Fsp3) is 0.389. The van der Waals surface area contributed by atoms with E-state index in [1.165, 1.54) is 0 Å². The van der Waals surface area contributed by atoms with Gasteiger partial charge in [0.2, 0.25) is 0 Å². The van der Waals surface area contributed by atoms with Gasteiger partial charge in [-0.3, -0.25) is 14.6 Å². The number of carbonyl (C=O) groups is 2. The largest absolute Gasteiger partial charge is 0.416 e. The first-order valence-corrected chi connectivity index (χ1v) is 8.35. The third-order valence-electron chi connectivity index (χ3n) is 4.75. The Balaban J connectivity index is 1.66. The molecule has 2 unspecified atom stereocenters. The molecule has 2 amide bonds. The van der Waals surface area contributed by atoms with Crippen molar-refractivity contribution in [2.24, 2.45) is 0 Å². The van der Waals surface area contributed by atoms with Gasteiger partial charge < -0.3 is 19.7 Å². The minimum atomic E-state index is -1.25. The van der Waals surface area contributed by atoms with E-state index in [-0.39, 0.29) is 18.1 Å². The van der Waals surface area contributed by atoms with Crippen LogP contribution in [0, 0.1) is 6.92 Å². The Kier molecular flexibility index (Phi) is 4.69. The van der Waals surface area contributed by atoms with Gasteiger partial charge in [0.25, 0.3) is 11.8 Å². The van der Waals surface area contributed by atoms with E-state index in [4.69, 9.17) is 0 Å². The number of aromatic amines is 1. The molecule has 2 aromatic rings. The zero-order valence-electron chi connectivity index (χ0n) is 14.6. The summed E-state index contributed by atoms with van der Waals surface area (Å²) in [6, 6.07) is 6.66. The van der Waals surface area contributed by atoms with Crippen LogP contribution in [0.4, 0.5) is 0 Å². The first-order chi connectivity index (χ1) is 12.3. The SMILES string of the molecule is Cc1cccc(C(=O)N2CCC(O)(C(C)NC(=O)c3coc(=O)[nH]3)C2)c1. The summed E-state index contributed by atoms with van der Waals surface area (Å²) < 4.78 is 4.54. The Morgan fingerprint density at radius 3 is 2.85 bits per heavy atom. The number of rotatable bonds is 4. The first-order valence-electron chi connectivity index (χ1n) is 8.35. The first kappa shape index (κ1) is 17.9. The molecule has 2 atom stereocenters. The maximum absolute atomic E-state index is 12.6. The van der Waals surface area contributed by atoms with Crippen molar-refractivity contribution in [2.45, 2.75) is 31.9 Å². The highest BCUT2D eigenvalue weighted by atomic mass is 16.4. The summed E-state index contributed by atoms with van der Waals surface area (Å²) in [7, 11) is 0. The van der Waals surface area contributed by atoms with E-state index < -0.39 is 23.3 Å². The predicted octanol–water partition coefficient (Wildman–Crippen LogP) is 0.672. The number of nitrogens with one attached hydrogen (secondary N) is 2. The van der Waals surface area contributed by atoms with Crippen molar-refractivity contribution in [3.63, 3.8) is 0 Å². The Labute approximate surface area is 149 Å². The molecular weight excluding hydrogens is 338 g/mol. The van der Waals surface area contributed by atoms with Crippen LogP contribution in [0.5, 0.6) is 0 Å². The molecule has 0 spiro atoms. The van der Waals surface area contributed by atoms with E-state index in [1.807, 2.05) is 19.1 Å². The van der Waals surface area contributed by atoms with Crippen LogP contribution in [0.3, 0.4) is 0 Å². The second kappa shape index (κ2) is 6.80. The summed E-state index contributed by atoms with van der Waals surface area (Å²) in [6.45, 7) is 4.08. The van der Waals surface area contributed by atoms with Gasteiger partial charge in [0.1, 0.15) is 17.6 Å². The van der Waals surface area contributed by atoms with Gasteiger partial charge in [-0.2, -0.15) is 0 Å². The second-order valence-electron chi connectivity index (χ2n) is 6.71. The maximum Gasteiger partial charge on any atom is 0.416 e. The topological polar surface area (TPSA) is 116 Å². The predicted molar refractivity (Wildman–Crippen MR) is 92.9 cm³/mol. The van der Waals surface area contributed by atoms with Gasteiger partial charge in [-0.25, -0.2) is 4.79 Å². The number of oxazole rings is 1. The normalized spacial score (nSPS) is 20.8. The molecule has 0 saturated carbocycles. The van der Waals surface area contributed by atoms with Crippen LogP contribution in [-0.2, 0) is 0 Å². The van der Waals surface area contributed by atoms with Crippen molar-refractivity contribution in [3.8, 4) is 0 Å². The van der Waals surface area contributed by atoms with Crippen molar-refractivity contribution in [3.05, 3.63) is 57.9 Å². The van der Waals surface area contributed by atoms with Crippen LogP contribution in [0.2, 0.25) is 0 Å². The molecule has 8 nitrogen and oxygen atoms in total. The van der Waals surface area contributed by atoms with Crippen molar-refractivity contribution in [1.29, 1.82) is 0 Å². The molecule has 0 aliphatic carbocycles. The molecule has 0 bridgehead atoms. The summed E-state index contributed by atoms with van der Waals surface area (Å²) in [5.74, 6) is -1.43. The van der Waals surface area contributed by atoms with Crippen LogP contribution in [0.25, 0.3) is 0 Å². The molecule has 0 radical (unpaired) electrons. The molecule has 2 heterocycles. The van der Waals surface area contributed by atoms with Crippen LogP contribution in [0.15, 0.2) is 39.7 Å². The minimum Gasteiger partial charge on any atom is -0.416 e. The quantitative estimate of drug-likeness (QED) is 0.742. The lowest BCUT2D eigenvalue weighted by atomic mass is 9.94. The van der Waals surface area contributed by atoms with E-state index in [0.29, 0.717) is 18.5 Å². The lowest BCUT2D eigenvalue weighted by molar-refractivity contribution is 0.0160. The molecule has 1 saturated heterocycles. The Morgan fingerprint density at radius 2 is 2.19 bits per heavy atom. The fourth-order valence-electron chi connectivity index (χ4n) is 3.10. The zero-order chi connectivity index (χ0) is 18.9. The monoisotopic (exact) mass is 359 g/mol. The molecule has 1 aliphatic rings. The summed E-state index contributed by atoms with van der Waals surface area (Å²) in [6.07, 6.45) is 1.37. The average Bonchev–Trinajstić information content (AvgIpc) is 3.21. The number of hydrogen-bond acceptors (Lipinski definition) is 5. The molecule has 8 heteroatoms. The van der Waals surface area contributed by atoms with Crippen molar-refractivity contribution in [1.82, 2.24) is 15.2 Å². The van der Waals surface area contributed by atoms with E-state index >= 15 is 0 Å². The summed E-state index contributed by atoms with van der Waals surface area (Å²) >= 11 is 0. The maximum atomic E-state index is 12.6. The summed E-state index contributed by atoms with van der Waals surface area (Å²) in [5, 5.41) is 13.5. The van der Waals surface area contributed by atoms with Gasteiger partial charge in [0.05, 0.1) is 12.6 Å². The molecule has 1 aromatic heterocycles. The highest BCUT2D eigenvalue weighted by Gasteiger charge is 2.43. The highest BCUT2D eigenvalue weighted by Crippen LogP contribution is 2.26.